The van der Waals surface area contributed by atoms with Crippen LogP contribution in [-0.2, 0) is 0 Å². The van der Waals surface area contributed by atoms with Crippen molar-refractivity contribution < 1.29 is 0 Å². The second-order valence-corrected chi connectivity index (χ2v) is 5.47. The molecule has 1 aliphatic heterocycles. The number of nitrogens with zero attached hydrogens (tertiary/aromatic N) is 1. The van der Waals surface area contributed by atoms with Crippen LogP contribution in [0.2, 0.25) is 0 Å². The normalized spacial score (nSPS) is 32.2. The minimum Gasteiger partial charge on any atom is -0.300 e. The van der Waals surface area contributed by atoms with E-state index in [0.29, 0.717) is 0 Å². The molecule has 1 unspecified atom stereocenters. The van der Waals surface area contributed by atoms with Crippen LogP contribution in [-0.4, -0.2) is 31.2 Å². The first kappa shape index (κ1) is 11.4. The van der Waals surface area contributed by atoms with E-state index >= 15 is 0 Å². The van der Waals surface area contributed by atoms with E-state index in [0.717, 1.165) is 18.6 Å². The summed E-state index contributed by atoms with van der Waals surface area (Å²) in [5, 5.41) is 3.67. The van der Waals surface area contributed by atoms with Crippen LogP contribution < -0.4 is 5.32 Å². The summed E-state index contributed by atoms with van der Waals surface area (Å²) in [4.78, 5) is 2.41. The molecule has 1 atom stereocenters. The molecule has 2 nitrogen and oxygen atoms in total. The maximum Gasteiger partial charge on any atom is 0.0480 e. The van der Waals surface area contributed by atoms with Crippen LogP contribution in [0.1, 0.15) is 51.4 Å². The molecular weight excluding hydrogens is 184 g/mol. The number of likely N-dealkylation sites (N-methyl/N-ethyl adjacent to an activating group) is 1. The van der Waals surface area contributed by atoms with Crippen molar-refractivity contribution in [1.82, 2.24) is 10.2 Å². The summed E-state index contributed by atoms with van der Waals surface area (Å²) in [5.41, 5.74) is 0. The zero-order valence-corrected chi connectivity index (χ0v) is 10.2. The molecule has 0 amide bonds. The van der Waals surface area contributed by atoms with E-state index in [9.17, 15) is 0 Å². The molecule has 0 spiro atoms. The molecule has 2 fully saturated rings. The minimum absolute atomic E-state index is 0.785. The second kappa shape index (κ2) is 5.86. The molecule has 0 aromatic rings. The van der Waals surface area contributed by atoms with Crippen LogP contribution in [0.25, 0.3) is 0 Å². The van der Waals surface area contributed by atoms with Gasteiger partial charge in [-0.1, -0.05) is 38.5 Å². The van der Waals surface area contributed by atoms with E-state index in [1.165, 1.54) is 57.9 Å². The van der Waals surface area contributed by atoms with E-state index in [1.54, 1.807) is 0 Å². The molecule has 2 heteroatoms. The molecule has 1 saturated carbocycles. The molecular formula is C13H26N2. The zero-order valence-electron chi connectivity index (χ0n) is 10.2. The van der Waals surface area contributed by atoms with Gasteiger partial charge in [-0.05, 0) is 25.8 Å². The Balaban J connectivity index is 1.82. The topological polar surface area (TPSA) is 15.3 Å². The second-order valence-electron chi connectivity index (χ2n) is 5.47. The average molecular weight is 210 g/mol. The van der Waals surface area contributed by atoms with Gasteiger partial charge in [-0.25, -0.2) is 0 Å². The van der Waals surface area contributed by atoms with Crippen LogP contribution in [0.15, 0.2) is 0 Å². The largest absolute Gasteiger partial charge is 0.300 e. The molecule has 2 aliphatic rings. The first-order valence-electron chi connectivity index (χ1n) is 6.78. The lowest BCUT2D eigenvalue weighted by Crippen LogP contribution is -2.32. The van der Waals surface area contributed by atoms with Crippen molar-refractivity contribution in [2.24, 2.45) is 5.92 Å². The Hall–Kier alpha value is -0.0800. The fourth-order valence-electron chi connectivity index (χ4n) is 3.12. The summed E-state index contributed by atoms with van der Waals surface area (Å²) in [6, 6.07) is 0.785. The van der Waals surface area contributed by atoms with Crippen LogP contribution >= 0.6 is 0 Å². The number of hydrogen-bond donors (Lipinski definition) is 1. The van der Waals surface area contributed by atoms with Gasteiger partial charge in [0.25, 0.3) is 0 Å². The van der Waals surface area contributed by atoms with Crippen LogP contribution in [0.5, 0.6) is 0 Å². The lowest BCUT2D eigenvalue weighted by Gasteiger charge is -2.22. The molecule has 1 saturated heterocycles. The SMILES string of the molecule is CN1CNC(C2CCCCCCCC2)C1. The Labute approximate surface area is 94.4 Å². The van der Waals surface area contributed by atoms with E-state index in [2.05, 4.69) is 17.3 Å². The standard InChI is InChI=1S/C13H26N2/c1-15-10-13(14-11-15)12-8-6-4-2-3-5-7-9-12/h12-14H,2-11H2,1H3. The summed E-state index contributed by atoms with van der Waals surface area (Å²) < 4.78 is 0. The van der Waals surface area contributed by atoms with Gasteiger partial charge >= 0.3 is 0 Å². The lowest BCUT2D eigenvalue weighted by atomic mass is 9.90. The molecule has 0 radical (unpaired) electrons. The maximum atomic E-state index is 3.67. The lowest BCUT2D eigenvalue weighted by molar-refractivity contribution is 0.326. The molecule has 1 N–H and O–H groups in total. The Kier molecular flexibility index (Phi) is 4.45. The van der Waals surface area contributed by atoms with Gasteiger partial charge in [-0.15, -0.1) is 0 Å². The molecule has 1 heterocycles. The molecule has 15 heavy (non-hydrogen) atoms. The third-order valence-electron chi connectivity index (χ3n) is 4.10. The minimum atomic E-state index is 0.785. The third kappa shape index (κ3) is 3.46. The maximum absolute atomic E-state index is 3.67. The van der Waals surface area contributed by atoms with E-state index < -0.39 is 0 Å². The van der Waals surface area contributed by atoms with Gasteiger partial charge in [-0.3, -0.25) is 10.2 Å². The molecule has 2 rings (SSSR count). The van der Waals surface area contributed by atoms with Crippen LogP contribution in [0.4, 0.5) is 0 Å². The summed E-state index contributed by atoms with van der Waals surface area (Å²) in [6.07, 6.45) is 11.8. The van der Waals surface area contributed by atoms with Crippen molar-refractivity contribution in [1.29, 1.82) is 0 Å². The Morgan fingerprint density at radius 1 is 0.933 bits per heavy atom. The number of hydrogen-bond acceptors (Lipinski definition) is 2. The molecule has 0 bridgehead atoms. The molecule has 88 valence electrons. The average Bonchev–Trinajstić information content (AvgIpc) is 2.69. The molecule has 1 aliphatic carbocycles. The highest BCUT2D eigenvalue weighted by molar-refractivity contribution is 4.83. The van der Waals surface area contributed by atoms with Gasteiger partial charge in [0, 0.05) is 19.3 Å². The highest BCUT2D eigenvalue weighted by Crippen LogP contribution is 2.25. The fraction of sp³-hybridized carbons (Fsp3) is 1.00. The summed E-state index contributed by atoms with van der Waals surface area (Å²) in [6.45, 7) is 2.37. The van der Waals surface area contributed by atoms with Crippen LogP contribution in [0, 0.1) is 5.92 Å². The third-order valence-corrected chi connectivity index (χ3v) is 4.10. The Morgan fingerprint density at radius 3 is 2.07 bits per heavy atom. The first-order chi connectivity index (χ1) is 7.36. The molecule has 0 aromatic carbocycles. The van der Waals surface area contributed by atoms with Crippen LogP contribution in [0.3, 0.4) is 0 Å². The summed E-state index contributed by atoms with van der Waals surface area (Å²) in [7, 11) is 2.22. The number of nitrogens with one attached hydrogen (secondary N) is 1. The fourth-order valence-corrected chi connectivity index (χ4v) is 3.12. The van der Waals surface area contributed by atoms with Gasteiger partial charge in [0.15, 0.2) is 0 Å². The van der Waals surface area contributed by atoms with Crippen molar-refractivity contribution in [3.05, 3.63) is 0 Å². The van der Waals surface area contributed by atoms with Crippen molar-refractivity contribution in [3.8, 4) is 0 Å². The Morgan fingerprint density at radius 2 is 1.53 bits per heavy atom. The number of rotatable bonds is 1. The van der Waals surface area contributed by atoms with Gasteiger partial charge in [-0.2, -0.15) is 0 Å². The van der Waals surface area contributed by atoms with Crippen molar-refractivity contribution in [2.75, 3.05) is 20.3 Å². The van der Waals surface area contributed by atoms with Gasteiger partial charge in [0.1, 0.15) is 0 Å². The smallest absolute Gasteiger partial charge is 0.0480 e. The molecule has 0 aromatic heterocycles. The van der Waals surface area contributed by atoms with E-state index in [-0.39, 0.29) is 0 Å². The monoisotopic (exact) mass is 210 g/mol. The van der Waals surface area contributed by atoms with Crippen molar-refractivity contribution in [3.63, 3.8) is 0 Å². The van der Waals surface area contributed by atoms with Gasteiger partial charge in [0.05, 0.1) is 0 Å². The van der Waals surface area contributed by atoms with E-state index in [4.69, 9.17) is 0 Å². The highest BCUT2D eigenvalue weighted by atomic mass is 15.3. The van der Waals surface area contributed by atoms with E-state index in [1.807, 2.05) is 0 Å². The predicted octanol–water partition coefficient (Wildman–Crippen LogP) is 2.60. The zero-order chi connectivity index (χ0) is 10.5. The first-order valence-corrected chi connectivity index (χ1v) is 6.78. The Bertz CT molecular complexity index is 171. The summed E-state index contributed by atoms with van der Waals surface area (Å²) in [5.74, 6) is 0.952. The quantitative estimate of drug-likeness (QED) is 0.715. The van der Waals surface area contributed by atoms with Gasteiger partial charge < -0.3 is 0 Å². The predicted molar refractivity (Wildman–Crippen MR) is 64.8 cm³/mol. The van der Waals surface area contributed by atoms with Crippen molar-refractivity contribution in [2.45, 2.75) is 57.4 Å². The van der Waals surface area contributed by atoms with Crippen molar-refractivity contribution >= 4 is 0 Å². The van der Waals surface area contributed by atoms with Gasteiger partial charge in [0.2, 0.25) is 0 Å². The highest BCUT2D eigenvalue weighted by Gasteiger charge is 2.26. The summed E-state index contributed by atoms with van der Waals surface area (Å²) >= 11 is 0.